The standard InChI is InChI=1S/C22H28N2O7S/c1-15(16-5-7-20(29-3)21(13-16)30-4)23-32(26,27)17-6-8-19(28-2)18(14-17)22(25)24-9-11-31-12-10-24/h5-8,13-15,23H,9-12H2,1-4H3/t15-/m1/s1. The molecule has 0 spiro atoms. The van der Waals surface area contributed by atoms with Gasteiger partial charge in [0.2, 0.25) is 10.0 Å². The van der Waals surface area contributed by atoms with Crippen LogP contribution in [0.1, 0.15) is 28.9 Å². The third-order valence-electron chi connectivity index (χ3n) is 5.25. The SMILES string of the molecule is COc1ccc([C@@H](C)NS(=O)(=O)c2ccc(OC)c(C(=O)N3CCOCC3)c2)cc1OC. The second kappa shape index (κ2) is 10.2. The summed E-state index contributed by atoms with van der Waals surface area (Å²) in [7, 11) is 0.559. The van der Waals surface area contributed by atoms with Gasteiger partial charge in [0, 0.05) is 19.1 Å². The van der Waals surface area contributed by atoms with Crippen molar-refractivity contribution in [2.24, 2.45) is 0 Å². The maximum atomic E-state index is 13.1. The van der Waals surface area contributed by atoms with Crippen molar-refractivity contribution in [3.63, 3.8) is 0 Å². The predicted molar refractivity (Wildman–Crippen MR) is 118 cm³/mol. The molecule has 0 saturated carbocycles. The molecule has 0 aliphatic carbocycles. The lowest BCUT2D eigenvalue weighted by Gasteiger charge is -2.27. The summed E-state index contributed by atoms with van der Waals surface area (Å²) in [6.45, 7) is 3.48. The van der Waals surface area contributed by atoms with E-state index in [1.165, 1.54) is 39.5 Å². The lowest BCUT2D eigenvalue weighted by atomic mass is 10.1. The number of ether oxygens (including phenoxy) is 4. The predicted octanol–water partition coefficient (Wildman–Crippen LogP) is 2.22. The molecule has 0 bridgehead atoms. The Morgan fingerprint density at radius 2 is 1.59 bits per heavy atom. The van der Waals surface area contributed by atoms with E-state index in [0.29, 0.717) is 49.1 Å². The van der Waals surface area contributed by atoms with Crippen LogP contribution in [0.4, 0.5) is 0 Å². The molecular weight excluding hydrogens is 436 g/mol. The van der Waals surface area contributed by atoms with Gasteiger partial charge in [-0.3, -0.25) is 4.79 Å². The number of amides is 1. The Balaban J connectivity index is 1.87. The average molecular weight is 465 g/mol. The number of carbonyl (C=O) groups is 1. The largest absolute Gasteiger partial charge is 0.496 e. The quantitative estimate of drug-likeness (QED) is 0.639. The molecule has 2 aromatic carbocycles. The summed E-state index contributed by atoms with van der Waals surface area (Å²) < 4.78 is 50.0. The highest BCUT2D eigenvalue weighted by molar-refractivity contribution is 7.89. The molecular formula is C22H28N2O7S. The van der Waals surface area contributed by atoms with Crippen molar-refractivity contribution < 1.29 is 32.2 Å². The first-order valence-electron chi connectivity index (χ1n) is 10.1. The Kier molecular flexibility index (Phi) is 7.60. The van der Waals surface area contributed by atoms with Crippen LogP contribution < -0.4 is 18.9 Å². The molecule has 1 N–H and O–H groups in total. The number of nitrogens with zero attached hydrogens (tertiary/aromatic N) is 1. The fourth-order valence-corrected chi connectivity index (χ4v) is 4.71. The lowest BCUT2D eigenvalue weighted by Crippen LogP contribution is -2.40. The number of methoxy groups -OCH3 is 3. The van der Waals surface area contributed by atoms with Gasteiger partial charge in [0.15, 0.2) is 11.5 Å². The average Bonchev–Trinajstić information content (AvgIpc) is 2.82. The van der Waals surface area contributed by atoms with E-state index in [1.54, 1.807) is 30.0 Å². The van der Waals surface area contributed by atoms with Gasteiger partial charge in [0.25, 0.3) is 5.91 Å². The van der Waals surface area contributed by atoms with E-state index < -0.39 is 16.1 Å². The number of morpholine rings is 1. The summed E-state index contributed by atoms with van der Waals surface area (Å²) in [5.41, 5.74) is 0.889. The van der Waals surface area contributed by atoms with Gasteiger partial charge in [-0.1, -0.05) is 6.07 Å². The van der Waals surface area contributed by atoms with Gasteiger partial charge in [-0.2, -0.15) is 0 Å². The molecule has 32 heavy (non-hydrogen) atoms. The van der Waals surface area contributed by atoms with Crippen LogP contribution in [-0.4, -0.2) is 66.9 Å². The van der Waals surface area contributed by atoms with E-state index in [4.69, 9.17) is 18.9 Å². The Morgan fingerprint density at radius 3 is 2.22 bits per heavy atom. The molecule has 0 aromatic heterocycles. The number of hydrogen-bond donors (Lipinski definition) is 1. The van der Waals surface area contributed by atoms with E-state index in [0.717, 1.165) is 0 Å². The zero-order valence-corrected chi connectivity index (χ0v) is 19.4. The molecule has 1 heterocycles. The third kappa shape index (κ3) is 5.14. The monoisotopic (exact) mass is 464 g/mol. The first kappa shape index (κ1) is 23.8. The van der Waals surface area contributed by atoms with Gasteiger partial charge < -0.3 is 23.8 Å². The first-order valence-corrected chi connectivity index (χ1v) is 11.6. The summed E-state index contributed by atoms with van der Waals surface area (Å²) in [6, 6.07) is 8.89. The minimum atomic E-state index is -3.93. The molecule has 1 aliphatic rings. The zero-order chi connectivity index (χ0) is 23.3. The van der Waals surface area contributed by atoms with Crippen LogP contribution in [0.5, 0.6) is 17.2 Å². The molecule has 0 radical (unpaired) electrons. The van der Waals surface area contributed by atoms with Crippen molar-refractivity contribution in [2.75, 3.05) is 47.6 Å². The molecule has 0 unspecified atom stereocenters. The number of hydrogen-bond acceptors (Lipinski definition) is 7. The van der Waals surface area contributed by atoms with Crippen LogP contribution in [0.3, 0.4) is 0 Å². The topological polar surface area (TPSA) is 103 Å². The minimum Gasteiger partial charge on any atom is -0.496 e. The molecule has 2 aromatic rings. The van der Waals surface area contributed by atoms with E-state index in [2.05, 4.69) is 4.72 Å². The lowest BCUT2D eigenvalue weighted by molar-refractivity contribution is 0.0300. The van der Waals surface area contributed by atoms with Gasteiger partial charge in [-0.15, -0.1) is 0 Å². The van der Waals surface area contributed by atoms with Crippen LogP contribution in [0.25, 0.3) is 0 Å². The van der Waals surface area contributed by atoms with E-state index in [1.807, 2.05) is 0 Å². The molecule has 3 rings (SSSR count). The number of carbonyl (C=O) groups excluding carboxylic acids is 1. The summed E-state index contributed by atoms with van der Waals surface area (Å²) in [5.74, 6) is 1.06. The molecule has 174 valence electrons. The van der Waals surface area contributed by atoms with Gasteiger partial charge >= 0.3 is 0 Å². The van der Waals surface area contributed by atoms with Gasteiger partial charge in [0.05, 0.1) is 45.0 Å². The van der Waals surface area contributed by atoms with Crippen LogP contribution in [-0.2, 0) is 14.8 Å². The smallest absolute Gasteiger partial charge is 0.257 e. The molecule has 1 aliphatic heterocycles. The molecule has 1 atom stereocenters. The minimum absolute atomic E-state index is 0.0257. The maximum absolute atomic E-state index is 13.1. The fourth-order valence-electron chi connectivity index (χ4n) is 3.45. The van der Waals surface area contributed by atoms with Crippen molar-refractivity contribution >= 4 is 15.9 Å². The zero-order valence-electron chi connectivity index (χ0n) is 18.6. The molecule has 10 heteroatoms. The highest BCUT2D eigenvalue weighted by atomic mass is 32.2. The number of nitrogens with one attached hydrogen (secondary N) is 1. The van der Waals surface area contributed by atoms with E-state index in [9.17, 15) is 13.2 Å². The first-order chi connectivity index (χ1) is 15.3. The Morgan fingerprint density at radius 1 is 0.969 bits per heavy atom. The molecule has 1 saturated heterocycles. The van der Waals surface area contributed by atoms with Crippen LogP contribution >= 0.6 is 0 Å². The highest BCUT2D eigenvalue weighted by Gasteiger charge is 2.26. The number of rotatable bonds is 8. The molecule has 1 amide bonds. The number of benzene rings is 2. The van der Waals surface area contributed by atoms with Crippen molar-refractivity contribution in [1.82, 2.24) is 9.62 Å². The van der Waals surface area contributed by atoms with Gasteiger partial charge in [0.1, 0.15) is 5.75 Å². The fraction of sp³-hybridized carbons (Fsp3) is 0.409. The third-order valence-corrected chi connectivity index (χ3v) is 6.79. The Hall–Kier alpha value is -2.82. The molecule has 9 nitrogen and oxygen atoms in total. The second-order valence-electron chi connectivity index (χ2n) is 7.22. The molecule has 1 fully saturated rings. The Bertz CT molecular complexity index is 1070. The maximum Gasteiger partial charge on any atom is 0.257 e. The summed E-state index contributed by atoms with van der Waals surface area (Å²) in [4.78, 5) is 14.6. The Labute approximate surface area is 188 Å². The van der Waals surface area contributed by atoms with Crippen LogP contribution in [0.2, 0.25) is 0 Å². The van der Waals surface area contributed by atoms with Crippen LogP contribution in [0, 0.1) is 0 Å². The second-order valence-corrected chi connectivity index (χ2v) is 8.94. The summed E-state index contributed by atoms with van der Waals surface area (Å²) in [6.07, 6.45) is 0. The highest BCUT2D eigenvalue weighted by Crippen LogP contribution is 2.31. The van der Waals surface area contributed by atoms with E-state index >= 15 is 0 Å². The van der Waals surface area contributed by atoms with Crippen molar-refractivity contribution in [3.05, 3.63) is 47.5 Å². The van der Waals surface area contributed by atoms with Crippen LogP contribution in [0.15, 0.2) is 41.3 Å². The summed E-state index contributed by atoms with van der Waals surface area (Å²) >= 11 is 0. The number of sulfonamides is 1. The van der Waals surface area contributed by atoms with Crippen molar-refractivity contribution in [3.8, 4) is 17.2 Å². The van der Waals surface area contributed by atoms with E-state index in [-0.39, 0.29) is 16.4 Å². The summed E-state index contributed by atoms with van der Waals surface area (Å²) in [5, 5.41) is 0. The van der Waals surface area contributed by atoms with Crippen molar-refractivity contribution in [1.29, 1.82) is 0 Å². The van der Waals surface area contributed by atoms with Crippen molar-refractivity contribution in [2.45, 2.75) is 17.9 Å². The van der Waals surface area contributed by atoms with Gasteiger partial charge in [-0.25, -0.2) is 13.1 Å². The van der Waals surface area contributed by atoms with Gasteiger partial charge in [-0.05, 0) is 42.8 Å². The normalized spacial score (nSPS) is 15.2.